The van der Waals surface area contributed by atoms with Crippen molar-refractivity contribution in [1.29, 1.82) is 0 Å². The van der Waals surface area contributed by atoms with Gasteiger partial charge in [0.05, 0.1) is 10.6 Å². The second kappa shape index (κ2) is 14.5. The Morgan fingerprint density at radius 3 is 2.08 bits per heavy atom. The largest absolute Gasteiger partial charge is 0.354 e. The quantitative estimate of drug-likeness (QED) is 0.221. The highest BCUT2D eigenvalue weighted by Gasteiger charge is 2.34. The van der Waals surface area contributed by atoms with Gasteiger partial charge < -0.3 is 10.2 Å². The molecule has 7 nitrogen and oxygen atoms in total. The van der Waals surface area contributed by atoms with Gasteiger partial charge >= 0.3 is 0 Å². The molecule has 3 aromatic carbocycles. The van der Waals surface area contributed by atoms with Gasteiger partial charge in [0.2, 0.25) is 11.8 Å². The highest BCUT2D eigenvalue weighted by Crippen LogP contribution is 2.29. The number of rotatable bonds is 12. The molecule has 0 spiro atoms. The summed E-state index contributed by atoms with van der Waals surface area (Å²) in [7, 11) is -4.13. The van der Waals surface area contributed by atoms with Crippen molar-refractivity contribution >= 4 is 73.3 Å². The predicted molar refractivity (Wildman–Crippen MR) is 169 cm³/mol. The third kappa shape index (κ3) is 8.11. The molecule has 0 radical (unpaired) electrons. The molecule has 0 aromatic heterocycles. The Balaban J connectivity index is 2.07. The summed E-state index contributed by atoms with van der Waals surface area (Å²) in [6.45, 7) is 5.57. The monoisotopic (exact) mass is 715 g/mol. The van der Waals surface area contributed by atoms with E-state index in [4.69, 9.17) is 23.2 Å². The first-order chi connectivity index (χ1) is 18.9. The Morgan fingerprint density at radius 1 is 0.925 bits per heavy atom. The number of anilines is 1. The minimum atomic E-state index is -4.13. The minimum Gasteiger partial charge on any atom is -0.354 e. The van der Waals surface area contributed by atoms with E-state index in [1.54, 1.807) is 67.6 Å². The summed E-state index contributed by atoms with van der Waals surface area (Å²) in [5.74, 6) is -0.698. The van der Waals surface area contributed by atoms with Crippen LogP contribution in [0, 0.1) is 9.49 Å². The van der Waals surface area contributed by atoms with Gasteiger partial charge in [-0.2, -0.15) is 0 Å². The molecule has 0 aliphatic rings. The van der Waals surface area contributed by atoms with Crippen molar-refractivity contribution in [3.63, 3.8) is 0 Å². The Bertz CT molecular complexity index is 1400. The fourth-order valence-corrected chi connectivity index (χ4v) is 6.36. The maximum Gasteiger partial charge on any atom is 0.264 e. The van der Waals surface area contributed by atoms with Crippen molar-refractivity contribution in [2.75, 3.05) is 17.4 Å². The fraction of sp³-hybridized carbons (Fsp3) is 0.310. The summed E-state index contributed by atoms with van der Waals surface area (Å²) in [6.07, 6.45) is 0.298. The van der Waals surface area contributed by atoms with E-state index in [0.717, 1.165) is 7.88 Å². The second-order valence-electron chi connectivity index (χ2n) is 9.59. The Morgan fingerprint density at radius 2 is 1.52 bits per heavy atom. The minimum absolute atomic E-state index is 0.0452. The molecule has 0 aliphatic heterocycles. The Hall–Kier alpha value is -2.34. The number of sulfonamides is 1. The number of hydrogen-bond acceptors (Lipinski definition) is 4. The molecule has 2 amide bonds. The lowest BCUT2D eigenvalue weighted by molar-refractivity contribution is -0.140. The average molecular weight is 716 g/mol. The van der Waals surface area contributed by atoms with Crippen molar-refractivity contribution in [2.45, 2.75) is 44.7 Å². The van der Waals surface area contributed by atoms with Crippen molar-refractivity contribution < 1.29 is 18.0 Å². The molecule has 0 aliphatic carbocycles. The smallest absolute Gasteiger partial charge is 0.264 e. The van der Waals surface area contributed by atoms with Crippen LogP contribution in [-0.4, -0.2) is 44.3 Å². The lowest BCUT2D eigenvalue weighted by atomic mass is 10.1. The lowest BCUT2D eigenvalue weighted by Crippen LogP contribution is -2.52. The van der Waals surface area contributed by atoms with Gasteiger partial charge in [-0.05, 0) is 83.5 Å². The number of halogens is 3. The molecule has 0 heterocycles. The maximum absolute atomic E-state index is 14.1. The van der Waals surface area contributed by atoms with Crippen LogP contribution < -0.4 is 9.62 Å². The van der Waals surface area contributed by atoms with E-state index in [1.807, 2.05) is 13.8 Å². The van der Waals surface area contributed by atoms with Crippen LogP contribution in [0.1, 0.15) is 32.8 Å². The second-order valence-corrected chi connectivity index (χ2v) is 13.5. The van der Waals surface area contributed by atoms with Gasteiger partial charge in [-0.3, -0.25) is 13.9 Å². The van der Waals surface area contributed by atoms with Gasteiger partial charge in [0.25, 0.3) is 10.0 Å². The highest BCUT2D eigenvalue weighted by atomic mass is 127. The van der Waals surface area contributed by atoms with E-state index < -0.39 is 28.5 Å². The SMILES string of the molecule is CC[C@H](C(=O)NCC(C)C)N(Cc1c(Cl)cccc1Cl)C(=O)CN(c1ccc(I)cc1)S(=O)(=O)c1ccccc1. The highest BCUT2D eigenvalue weighted by molar-refractivity contribution is 14.1. The predicted octanol–water partition coefficient (Wildman–Crippen LogP) is 6.37. The number of hydrogen-bond donors (Lipinski definition) is 1. The zero-order valence-electron chi connectivity index (χ0n) is 22.5. The van der Waals surface area contributed by atoms with Crippen LogP contribution in [0.3, 0.4) is 0 Å². The van der Waals surface area contributed by atoms with Gasteiger partial charge in [-0.25, -0.2) is 8.42 Å². The van der Waals surface area contributed by atoms with E-state index in [9.17, 15) is 18.0 Å². The van der Waals surface area contributed by atoms with E-state index in [0.29, 0.717) is 34.3 Å². The van der Waals surface area contributed by atoms with E-state index >= 15 is 0 Å². The molecular formula is C29H32Cl2IN3O4S. The summed E-state index contributed by atoms with van der Waals surface area (Å²) in [6, 6.07) is 18.9. The summed E-state index contributed by atoms with van der Waals surface area (Å²) >= 11 is 15.0. The molecule has 3 rings (SSSR count). The van der Waals surface area contributed by atoms with Crippen molar-refractivity contribution in [3.05, 3.63) is 92.0 Å². The first-order valence-corrected chi connectivity index (χ1v) is 16.1. The molecule has 40 heavy (non-hydrogen) atoms. The third-order valence-corrected chi connectivity index (χ3v) is 9.40. The van der Waals surface area contributed by atoms with Crippen LogP contribution in [-0.2, 0) is 26.2 Å². The van der Waals surface area contributed by atoms with Gasteiger partial charge in [0, 0.05) is 32.3 Å². The molecule has 0 bridgehead atoms. The van der Waals surface area contributed by atoms with Gasteiger partial charge in [0.15, 0.2) is 0 Å². The summed E-state index contributed by atoms with van der Waals surface area (Å²) in [5.41, 5.74) is 0.798. The molecule has 0 unspecified atom stereocenters. The lowest BCUT2D eigenvalue weighted by Gasteiger charge is -2.33. The standard InChI is InChI=1S/C29H32Cl2IN3O4S/c1-4-27(29(37)33-17-20(2)3)34(18-24-25(30)11-8-12-26(24)31)28(36)19-35(22-15-13-21(32)14-16-22)40(38,39)23-9-6-5-7-10-23/h5-16,20,27H,4,17-19H2,1-3H3,(H,33,37)/t27-/m1/s1. The fourth-order valence-electron chi connectivity index (χ4n) is 4.05. The van der Waals surface area contributed by atoms with E-state index in [2.05, 4.69) is 27.9 Å². The molecule has 0 fully saturated rings. The number of amides is 2. The normalized spacial score (nSPS) is 12.2. The maximum atomic E-state index is 14.1. The molecule has 1 N–H and O–H groups in total. The number of carbonyl (C=O) groups excluding carboxylic acids is 2. The molecule has 1 atom stereocenters. The van der Waals surface area contributed by atoms with Gasteiger partial charge in [0.1, 0.15) is 12.6 Å². The average Bonchev–Trinajstić information content (AvgIpc) is 2.92. The molecule has 3 aromatic rings. The molecule has 0 saturated heterocycles. The summed E-state index contributed by atoms with van der Waals surface area (Å²) < 4.78 is 29.6. The molecule has 11 heteroatoms. The van der Waals surface area contributed by atoms with Gasteiger partial charge in [-0.1, -0.05) is 68.2 Å². The topological polar surface area (TPSA) is 86.8 Å². The van der Waals surface area contributed by atoms with Crippen molar-refractivity contribution in [2.24, 2.45) is 5.92 Å². The Kier molecular flexibility index (Phi) is 11.7. The van der Waals surface area contributed by atoms with Crippen molar-refractivity contribution in [3.8, 4) is 0 Å². The number of carbonyl (C=O) groups is 2. The van der Waals surface area contributed by atoms with Crippen LogP contribution in [0.4, 0.5) is 5.69 Å². The first-order valence-electron chi connectivity index (χ1n) is 12.8. The zero-order valence-corrected chi connectivity index (χ0v) is 27.0. The number of nitrogens with one attached hydrogen (secondary N) is 1. The van der Waals surface area contributed by atoms with Crippen LogP contribution in [0.15, 0.2) is 77.7 Å². The van der Waals surface area contributed by atoms with E-state index in [1.165, 1.54) is 17.0 Å². The molecular weight excluding hydrogens is 684 g/mol. The van der Waals surface area contributed by atoms with Crippen molar-refractivity contribution in [1.82, 2.24) is 10.2 Å². The molecule has 214 valence electrons. The van der Waals surface area contributed by atoms with Crippen LogP contribution in [0.5, 0.6) is 0 Å². The van der Waals surface area contributed by atoms with Gasteiger partial charge in [-0.15, -0.1) is 0 Å². The van der Waals surface area contributed by atoms with Crippen LogP contribution >= 0.6 is 45.8 Å². The van der Waals surface area contributed by atoms with E-state index in [-0.39, 0.29) is 23.3 Å². The third-order valence-electron chi connectivity index (χ3n) is 6.19. The number of benzene rings is 3. The first kappa shape index (κ1) is 32.2. The number of nitrogens with zero attached hydrogens (tertiary/aromatic N) is 2. The summed E-state index contributed by atoms with van der Waals surface area (Å²) in [5, 5.41) is 3.58. The van der Waals surface area contributed by atoms with Crippen LogP contribution in [0.25, 0.3) is 0 Å². The summed E-state index contributed by atoms with van der Waals surface area (Å²) in [4.78, 5) is 28.8. The Labute approximate surface area is 260 Å². The molecule has 0 saturated carbocycles. The van der Waals surface area contributed by atoms with Crippen LogP contribution in [0.2, 0.25) is 10.0 Å². The zero-order chi connectivity index (χ0) is 29.4.